The van der Waals surface area contributed by atoms with Crippen LogP contribution in [0.1, 0.15) is 17.7 Å². The van der Waals surface area contributed by atoms with Crippen molar-refractivity contribution in [1.29, 1.82) is 0 Å². The first-order valence-electron chi connectivity index (χ1n) is 10.1. The smallest absolute Gasteiger partial charge is 0.246 e. The summed E-state index contributed by atoms with van der Waals surface area (Å²) in [6.07, 6.45) is 7.15. The summed E-state index contributed by atoms with van der Waals surface area (Å²) in [4.78, 5) is 25.2. The number of rotatable bonds is 5. The van der Waals surface area contributed by atoms with Crippen molar-refractivity contribution in [2.75, 3.05) is 31.1 Å². The van der Waals surface area contributed by atoms with Gasteiger partial charge in [-0.05, 0) is 49.2 Å². The van der Waals surface area contributed by atoms with Crippen LogP contribution >= 0.6 is 11.3 Å². The van der Waals surface area contributed by atoms with Gasteiger partial charge in [0.05, 0.1) is 11.9 Å². The lowest BCUT2D eigenvalue weighted by atomic mass is 10.2. The number of carbonyl (C=O) groups excluding carboxylic acids is 1. The zero-order chi connectivity index (χ0) is 21.6. The number of halogens is 1. The van der Waals surface area contributed by atoms with Gasteiger partial charge in [-0.15, -0.1) is 11.3 Å². The Bertz CT molecular complexity index is 1070. The predicted molar refractivity (Wildman–Crippen MR) is 120 cm³/mol. The van der Waals surface area contributed by atoms with Gasteiger partial charge in [-0.3, -0.25) is 9.78 Å². The molecule has 0 N–H and O–H groups in total. The Labute approximate surface area is 184 Å². The maximum atomic E-state index is 14.4. The summed E-state index contributed by atoms with van der Waals surface area (Å²) in [7, 11) is 0. The van der Waals surface area contributed by atoms with Crippen molar-refractivity contribution in [2.45, 2.75) is 13.3 Å². The molecule has 6 nitrogen and oxygen atoms in total. The van der Waals surface area contributed by atoms with E-state index in [1.54, 1.807) is 47.9 Å². The molecular formula is C23H23FN4O2S. The molecule has 3 heterocycles. The third-order valence-electron chi connectivity index (χ3n) is 4.92. The molecule has 8 heteroatoms. The average molecular weight is 439 g/mol. The molecule has 1 saturated heterocycles. The van der Waals surface area contributed by atoms with E-state index in [9.17, 15) is 9.18 Å². The van der Waals surface area contributed by atoms with Crippen molar-refractivity contribution in [2.24, 2.45) is 0 Å². The minimum absolute atomic E-state index is 0.0757. The number of nitrogens with zero attached hydrogens (tertiary/aromatic N) is 4. The fourth-order valence-corrected chi connectivity index (χ4v) is 4.18. The number of hydrogen-bond donors (Lipinski definition) is 0. The molecule has 0 atom stereocenters. The van der Waals surface area contributed by atoms with Crippen LogP contribution in [0.5, 0.6) is 11.5 Å². The third-order valence-corrected chi connectivity index (χ3v) is 5.94. The van der Waals surface area contributed by atoms with Crippen LogP contribution in [0.2, 0.25) is 0 Å². The third kappa shape index (κ3) is 5.46. The maximum absolute atomic E-state index is 14.4. The second-order valence-corrected chi connectivity index (χ2v) is 8.09. The summed E-state index contributed by atoms with van der Waals surface area (Å²) >= 11 is 1.63. The van der Waals surface area contributed by atoms with Crippen molar-refractivity contribution in [3.8, 4) is 11.5 Å². The summed E-state index contributed by atoms with van der Waals surface area (Å²) < 4.78 is 19.9. The molecule has 160 valence electrons. The Hall–Kier alpha value is -3.26. The Morgan fingerprint density at radius 3 is 2.87 bits per heavy atom. The fraction of sp³-hybridized carbons (Fsp3) is 0.261. The number of thiazole rings is 1. The second-order valence-electron chi connectivity index (χ2n) is 7.25. The summed E-state index contributed by atoms with van der Waals surface area (Å²) in [6, 6.07) is 8.04. The quantitative estimate of drug-likeness (QED) is 0.548. The fourth-order valence-electron chi connectivity index (χ4n) is 3.33. The van der Waals surface area contributed by atoms with Crippen LogP contribution in [-0.4, -0.2) is 47.0 Å². The zero-order valence-corrected chi connectivity index (χ0v) is 18.0. The van der Waals surface area contributed by atoms with E-state index in [1.807, 2.05) is 17.2 Å². The highest BCUT2D eigenvalue weighted by molar-refractivity contribution is 7.13. The molecule has 0 aliphatic carbocycles. The molecule has 0 unspecified atom stereocenters. The first-order valence-corrected chi connectivity index (χ1v) is 11.0. The highest BCUT2D eigenvalue weighted by atomic mass is 32.1. The molecule has 3 aromatic rings. The number of anilines is 1. The van der Waals surface area contributed by atoms with E-state index in [2.05, 4.69) is 14.9 Å². The van der Waals surface area contributed by atoms with E-state index in [0.717, 1.165) is 30.3 Å². The molecule has 1 aliphatic rings. The van der Waals surface area contributed by atoms with Gasteiger partial charge in [0.2, 0.25) is 5.91 Å². The summed E-state index contributed by atoms with van der Waals surface area (Å²) in [5, 5.41) is 3.05. The highest BCUT2D eigenvalue weighted by Crippen LogP contribution is 2.25. The number of aryl methyl sites for hydroxylation is 1. The largest absolute Gasteiger partial charge is 0.453 e. The predicted octanol–water partition coefficient (Wildman–Crippen LogP) is 4.53. The van der Waals surface area contributed by atoms with Crippen LogP contribution < -0.4 is 9.64 Å². The molecule has 0 bridgehead atoms. The van der Waals surface area contributed by atoms with Crippen molar-refractivity contribution < 1.29 is 13.9 Å². The second kappa shape index (κ2) is 9.70. The average Bonchev–Trinajstić information content (AvgIpc) is 3.06. The Morgan fingerprint density at radius 2 is 2.13 bits per heavy atom. The number of aromatic nitrogens is 2. The molecule has 0 radical (unpaired) electrons. The minimum atomic E-state index is -0.498. The zero-order valence-electron chi connectivity index (χ0n) is 17.2. The Balaban J connectivity index is 1.35. The molecule has 1 amide bonds. The molecule has 0 saturated carbocycles. The van der Waals surface area contributed by atoms with Crippen molar-refractivity contribution >= 4 is 28.5 Å². The number of ether oxygens (including phenoxy) is 1. The highest BCUT2D eigenvalue weighted by Gasteiger charge is 2.19. The van der Waals surface area contributed by atoms with Crippen molar-refractivity contribution in [3.05, 3.63) is 71.3 Å². The van der Waals surface area contributed by atoms with Crippen molar-refractivity contribution in [1.82, 2.24) is 14.9 Å². The van der Waals surface area contributed by atoms with Gasteiger partial charge in [0.15, 0.2) is 16.7 Å². The lowest BCUT2D eigenvalue weighted by molar-refractivity contribution is -0.125. The van der Waals surface area contributed by atoms with E-state index < -0.39 is 5.82 Å². The van der Waals surface area contributed by atoms with Gasteiger partial charge in [0.1, 0.15) is 5.75 Å². The SMILES string of the molecule is Cc1csc(N2CCCN(C(=O)/C=C/c3ccc(Oc4cccnc4)c(F)c3)CC2)n1. The molecule has 31 heavy (non-hydrogen) atoms. The molecule has 0 spiro atoms. The van der Waals surface area contributed by atoms with Crippen LogP contribution in [0, 0.1) is 12.7 Å². The molecule has 4 rings (SSSR count). The molecule has 1 aromatic carbocycles. The first-order chi connectivity index (χ1) is 15.1. The maximum Gasteiger partial charge on any atom is 0.246 e. The van der Waals surface area contributed by atoms with Crippen LogP contribution in [0.25, 0.3) is 6.08 Å². The van der Waals surface area contributed by atoms with E-state index in [-0.39, 0.29) is 11.7 Å². The topological polar surface area (TPSA) is 58.6 Å². The van der Waals surface area contributed by atoms with Gasteiger partial charge in [-0.25, -0.2) is 9.37 Å². The number of pyridine rings is 1. The summed E-state index contributed by atoms with van der Waals surface area (Å²) in [5.74, 6) is 0.000340. The van der Waals surface area contributed by atoms with Crippen LogP contribution in [0.15, 0.2) is 54.2 Å². The number of benzene rings is 1. The van der Waals surface area contributed by atoms with Gasteiger partial charge in [-0.1, -0.05) is 6.07 Å². The molecular weight excluding hydrogens is 415 g/mol. The lowest BCUT2D eigenvalue weighted by Crippen LogP contribution is -2.34. The molecule has 1 fully saturated rings. The van der Waals surface area contributed by atoms with Crippen molar-refractivity contribution in [3.63, 3.8) is 0 Å². The van der Waals surface area contributed by atoms with E-state index >= 15 is 0 Å². The molecule has 2 aromatic heterocycles. The normalized spacial score (nSPS) is 14.6. The minimum Gasteiger partial charge on any atom is -0.453 e. The standard InChI is InChI=1S/C23H23FN4O2S/c1-17-16-31-23(26-17)28-11-3-10-27(12-13-28)22(29)8-6-18-5-7-21(20(24)14-18)30-19-4-2-9-25-15-19/h2,4-9,14-16H,3,10-13H2,1H3/b8-6+. The van der Waals surface area contributed by atoms with E-state index in [1.165, 1.54) is 18.3 Å². The van der Waals surface area contributed by atoms with Gasteiger partial charge in [0.25, 0.3) is 0 Å². The lowest BCUT2D eigenvalue weighted by Gasteiger charge is -2.20. The first kappa shape index (κ1) is 21.0. The van der Waals surface area contributed by atoms with Gasteiger partial charge >= 0.3 is 0 Å². The van der Waals surface area contributed by atoms with Gasteiger partial charge < -0.3 is 14.5 Å². The van der Waals surface area contributed by atoms with Crippen LogP contribution in [0.3, 0.4) is 0 Å². The Kier molecular flexibility index (Phi) is 6.57. The van der Waals surface area contributed by atoms with E-state index in [0.29, 0.717) is 24.4 Å². The van der Waals surface area contributed by atoms with Crippen LogP contribution in [-0.2, 0) is 4.79 Å². The summed E-state index contributed by atoms with van der Waals surface area (Å²) in [5.41, 5.74) is 1.61. The van der Waals surface area contributed by atoms with Gasteiger partial charge in [-0.2, -0.15) is 0 Å². The van der Waals surface area contributed by atoms with E-state index in [4.69, 9.17) is 4.74 Å². The number of hydrogen-bond acceptors (Lipinski definition) is 6. The number of amides is 1. The molecule has 1 aliphatic heterocycles. The number of carbonyl (C=O) groups is 1. The van der Waals surface area contributed by atoms with Crippen LogP contribution in [0.4, 0.5) is 9.52 Å². The Morgan fingerprint density at radius 1 is 1.23 bits per heavy atom. The summed E-state index contributed by atoms with van der Waals surface area (Å²) in [6.45, 7) is 4.94. The monoisotopic (exact) mass is 438 g/mol. The van der Waals surface area contributed by atoms with Gasteiger partial charge in [0, 0.05) is 43.8 Å².